The van der Waals surface area contributed by atoms with Crippen LogP contribution in [0.3, 0.4) is 0 Å². The minimum atomic E-state index is -0.333. The van der Waals surface area contributed by atoms with E-state index in [-0.39, 0.29) is 17.4 Å². The molecule has 0 aliphatic carbocycles. The molecule has 0 radical (unpaired) electrons. The van der Waals surface area contributed by atoms with Gasteiger partial charge in [-0.15, -0.1) is 0 Å². The van der Waals surface area contributed by atoms with Crippen molar-refractivity contribution in [3.63, 3.8) is 0 Å². The fourth-order valence-corrected chi connectivity index (χ4v) is 4.87. The van der Waals surface area contributed by atoms with Crippen molar-refractivity contribution in [3.05, 3.63) is 90.9 Å². The lowest BCUT2D eigenvalue weighted by molar-refractivity contribution is 0.0930. The van der Waals surface area contributed by atoms with Crippen molar-refractivity contribution < 1.29 is 19.0 Å². The van der Waals surface area contributed by atoms with Gasteiger partial charge in [0.1, 0.15) is 23.4 Å². The molecule has 1 unspecified atom stereocenters. The zero-order chi connectivity index (χ0) is 25.5. The number of thioether (sulfide) groups is 1. The van der Waals surface area contributed by atoms with Gasteiger partial charge >= 0.3 is 6.09 Å². The predicted octanol–water partition coefficient (Wildman–Crippen LogP) is 6.49. The minimum Gasteiger partial charge on any atom is -0.490 e. The zero-order valence-corrected chi connectivity index (χ0v) is 21.3. The number of aromatic nitrogens is 3. The molecule has 0 bridgehead atoms. The summed E-state index contributed by atoms with van der Waals surface area (Å²) in [6.45, 7) is 3.28. The Labute approximate surface area is 220 Å². The van der Waals surface area contributed by atoms with Crippen LogP contribution in [0.1, 0.15) is 30.6 Å². The number of piperidine rings is 1. The number of hydrogen-bond acceptors (Lipinski definition) is 7. The normalized spacial score (nSPS) is 14.7. The van der Waals surface area contributed by atoms with E-state index in [9.17, 15) is 4.79 Å². The first-order chi connectivity index (χ1) is 18.1. The summed E-state index contributed by atoms with van der Waals surface area (Å²) < 4.78 is 17.5. The second kappa shape index (κ2) is 11.8. The van der Waals surface area contributed by atoms with Gasteiger partial charge in [-0.1, -0.05) is 30.0 Å². The van der Waals surface area contributed by atoms with Gasteiger partial charge in [0.25, 0.3) is 0 Å². The lowest BCUT2D eigenvalue weighted by Crippen LogP contribution is -2.43. The fourth-order valence-electron chi connectivity index (χ4n) is 3.99. The van der Waals surface area contributed by atoms with Crippen molar-refractivity contribution in [2.24, 2.45) is 0 Å². The predicted molar refractivity (Wildman–Crippen MR) is 141 cm³/mol. The summed E-state index contributed by atoms with van der Waals surface area (Å²) in [5, 5.41) is 1.10. The van der Waals surface area contributed by atoms with E-state index < -0.39 is 0 Å². The summed E-state index contributed by atoms with van der Waals surface area (Å²) in [6, 6.07) is 20.7. The van der Waals surface area contributed by atoms with Gasteiger partial charge in [0.05, 0.1) is 0 Å². The van der Waals surface area contributed by atoms with Crippen LogP contribution in [0, 0.1) is 0 Å². The molecule has 1 aliphatic heterocycles. The van der Waals surface area contributed by atoms with Gasteiger partial charge in [-0.05, 0) is 55.0 Å². The van der Waals surface area contributed by atoms with Crippen LogP contribution in [0.25, 0.3) is 0 Å². The maximum Gasteiger partial charge on any atom is 0.415 e. The maximum absolute atomic E-state index is 12.7. The van der Waals surface area contributed by atoms with Crippen LogP contribution in [-0.2, 0) is 0 Å². The number of pyridine rings is 1. The first-order valence-corrected chi connectivity index (χ1v) is 13.1. The average Bonchev–Trinajstić information content (AvgIpc) is 3.44. The Morgan fingerprint density at radius 3 is 2.35 bits per heavy atom. The van der Waals surface area contributed by atoms with Crippen LogP contribution in [0.2, 0.25) is 0 Å². The van der Waals surface area contributed by atoms with Crippen LogP contribution in [0.15, 0.2) is 90.5 Å². The topological polar surface area (TPSA) is 89.6 Å². The number of carbonyl (C=O) groups excluding carboxylic acids is 1. The molecule has 1 aliphatic rings. The fraction of sp³-hybridized carbons (Fsp3) is 0.250. The summed E-state index contributed by atoms with van der Waals surface area (Å²) in [5.41, 5.74) is 1.13. The molecule has 1 fully saturated rings. The number of hydrogen-bond donors (Lipinski definition) is 1. The molecular formula is C28H28N4O4S. The molecule has 1 saturated heterocycles. The summed E-state index contributed by atoms with van der Waals surface area (Å²) in [6.07, 6.45) is 6.42. The van der Waals surface area contributed by atoms with Crippen molar-refractivity contribution in [1.82, 2.24) is 19.9 Å². The molecule has 1 atom stereocenters. The number of likely N-dealkylation sites (tertiary alicyclic amines) is 1. The third kappa shape index (κ3) is 6.83. The SMILES string of the molecule is CC(Sc1ncc[nH]1)c1ccc(OC(=O)N2CCC(Oc3ccc(Oc4ccccn4)cc3)CC2)cc1. The number of amides is 1. The first-order valence-electron chi connectivity index (χ1n) is 12.2. The van der Waals surface area contributed by atoms with E-state index in [4.69, 9.17) is 14.2 Å². The highest BCUT2D eigenvalue weighted by Gasteiger charge is 2.25. The Morgan fingerprint density at radius 2 is 1.68 bits per heavy atom. The Morgan fingerprint density at radius 1 is 0.946 bits per heavy atom. The molecule has 9 heteroatoms. The van der Waals surface area contributed by atoms with E-state index in [1.807, 2.05) is 72.9 Å². The molecule has 2 aromatic carbocycles. The lowest BCUT2D eigenvalue weighted by Gasteiger charge is -2.31. The van der Waals surface area contributed by atoms with E-state index in [0.29, 0.717) is 30.5 Å². The Hall–Kier alpha value is -3.98. The summed E-state index contributed by atoms with van der Waals surface area (Å²) in [7, 11) is 0. The van der Waals surface area contributed by atoms with Crippen molar-refractivity contribution in [3.8, 4) is 23.1 Å². The summed E-state index contributed by atoms with van der Waals surface area (Å²) >= 11 is 1.64. The van der Waals surface area contributed by atoms with Crippen LogP contribution >= 0.6 is 11.8 Å². The standard InChI is InChI=1S/C28H28N4O4S/c1-20(37-27-30-16-17-31-27)21-5-7-24(8-6-21)36-28(33)32-18-13-25(14-19-32)34-22-9-11-23(12-10-22)35-26-4-2-3-15-29-26/h2-12,15-17,20,25H,13-14,18-19H2,1H3,(H,30,31). The van der Waals surface area contributed by atoms with Gasteiger partial charge in [-0.2, -0.15) is 0 Å². The third-order valence-electron chi connectivity index (χ3n) is 6.00. The van der Waals surface area contributed by atoms with Gasteiger partial charge in [0.15, 0.2) is 5.16 Å². The number of H-pyrrole nitrogens is 1. The van der Waals surface area contributed by atoms with Crippen LogP contribution in [0.5, 0.6) is 23.1 Å². The summed E-state index contributed by atoms with van der Waals surface area (Å²) in [4.78, 5) is 25.9. The first kappa shape index (κ1) is 24.7. The van der Waals surface area contributed by atoms with Crippen molar-refractivity contribution in [2.45, 2.75) is 36.3 Å². The van der Waals surface area contributed by atoms with E-state index in [2.05, 4.69) is 21.9 Å². The quantitative estimate of drug-likeness (QED) is 0.268. The van der Waals surface area contributed by atoms with Gasteiger partial charge in [-0.25, -0.2) is 14.8 Å². The lowest BCUT2D eigenvalue weighted by atomic mass is 10.1. The molecule has 3 heterocycles. The highest BCUT2D eigenvalue weighted by molar-refractivity contribution is 7.99. The molecule has 5 rings (SSSR count). The molecule has 2 aromatic heterocycles. The van der Waals surface area contributed by atoms with Crippen molar-refractivity contribution in [1.29, 1.82) is 0 Å². The van der Waals surface area contributed by atoms with Gasteiger partial charge in [-0.3, -0.25) is 0 Å². The molecule has 8 nitrogen and oxygen atoms in total. The third-order valence-corrected chi connectivity index (χ3v) is 7.08. The van der Waals surface area contributed by atoms with Gasteiger partial charge in [0, 0.05) is 55.8 Å². The van der Waals surface area contributed by atoms with E-state index in [0.717, 1.165) is 29.3 Å². The highest BCUT2D eigenvalue weighted by Crippen LogP contribution is 2.33. The molecular weight excluding hydrogens is 488 g/mol. The van der Waals surface area contributed by atoms with E-state index in [1.54, 1.807) is 29.1 Å². The number of ether oxygens (including phenoxy) is 3. The van der Waals surface area contributed by atoms with Crippen LogP contribution in [-0.4, -0.2) is 45.1 Å². The molecule has 0 saturated carbocycles. The smallest absolute Gasteiger partial charge is 0.415 e. The van der Waals surface area contributed by atoms with Crippen LogP contribution in [0.4, 0.5) is 4.79 Å². The number of nitrogens with one attached hydrogen (secondary N) is 1. The molecule has 0 spiro atoms. The average molecular weight is 517 g/mol. The van der Waals surface area contributed by atoms with E-state index in [1.165, 1.54) is 0 Å². The minimum absolute atomic E-state index is 0.0408. The number of imidazole rings is 1. The molecule has 1 amide bonds. The number of benzene rings is 2. The van der Waals surface area contributed by atoms with Crippen LogP contribution < -0.4 is 14.2 Å². The summed E-state index contributed by atoms with van der Waals surface area (Å²) in [5.74, 6) is 2.55. The number of nitrogens with zero attached hydrogens (tertiary/aromatic N) is 3. The maximum atomic E-state index is 12.7. The van der Waals surface area contributed by atoms with E-state index >= 15 is 0 Å². The Bertz CT molecular complexity index is 1260. The molecule has 37 heavy (non-hydrogen) atoms. The number of rotatable bonds is 8. The second-order valence-electron chi connectivity index (χ2n) is 8.64. The van der Waals surface area contributed by atoms with Gasteiger partial charge in [0.2, 0.25) is 5.88 Å². The monoisotopic (exact) mass is 516 g/mol. The Kier molecular flexibility index (Phi) is 7.90. The van der Waals surface area contributed by atoms with Crippen molar-refractivity contribution >= 4 is 17.9 Å². The highest BCUT2D eigenvalue weighted by atomic mass is 32.2. The largest absolute Gasteiger partial charge is 0.490 e. The Balaban J connectivity index is 1.06. The molecule has 1 N–H and O–H groups in total. The zero-order valence-electron chi connectivity index (χ0n) is 20.4. The second-order valence-corrected chi connectivity index (χ2v) is 9.97. The molecule has 4 aromatic rings. The van der Waals surface area contributed by atoms with Gasteiger partial charge < -0.3 is 24.1 Å². The molecule has 190 valence electrons. The number of aromatic amines is 1. The van der Waals surface area contributed by atoms with Crippen molar-refractivity contribution in [2.75, 3.05) is 13.1 Å². The number of carbonyl (C=O) groups is 1.